The number of carbonyl (C=O) groups is 1. The van der Waals surface area contributed by atoms with Gasteiger partial charge in [-0.1, -0.05) is 41.9 Å². The normalized spacial score (nSPS) is 11.2. The highest BCUT2D eigenvalue weighted by Crippen LogP contribution is 2.28. The van der Waals surface area contributed by atoms with Crippen molar-refractivity contribution < 1.29 is 17.9 Å². The van der Waals surface area contributed by atoms with Gasteiger partial charge in [0.2, 0.25) is 10.0 Å². The number of nitrogens with one attached hydrogen (secondary N) is 1. The van der Waals surface area contributed by atoms with Crippen molar-refractivity contribution in [2.75, 3.05) is 23.7 Å². The molecule has 0 spiro atoms. The molecule has 6 nitrogen and oxygen atoms in total. The topological polar surface area (TPSA) is 75.7 Å². The van der Waals surface area contributed by atoms with E-state index in [0.29, 0.717) is 29.4 Å². The number of amides is 1. The van der Waals surface area contributed by atoms with E-state index in [1.807, 2.05) is 32.0 Å². The van der Waals surface area contributed by atoms with Crippen LogP contribution in [0.1, 0.15) is 27.0 Å². The minimum Gasteiger partial charge on any atom is -0.492 e. The van der Waals surface area contributed by atoms with Gasteiger partial charge in [-0.25, -0.2) is 8.42 Å². The molecule has 0 saturated heterocycles. The number of rotatable bonds is 9. The highest BCUT2D eigenvalue weighted by molar-refractivity contribution is 7.92. The SMILES string of the molecule is Cc1ccc(OCCNC(=O)c2ccc(CN(c3ccccc3Cl)S(C)(=O)=O)cc2)cc1C. The summed E-state index contributed by atoms with van der Waals surface area (Å²) in [5.41, 5.74) is 3.97. The Kier molecular flexibility index (Phi) is 8.00. The van der Waals surface area contributed by atoms with Crippen molar-refractivity contribution in [1.29, 1.82) is 0 Å². The molecule has 0 bridgehead atoms. The Morgan fingerprint density at radius 2 is 1.70 bits per heavy atom. The second-order valence-corrected chi connectivity index (χ2v) is 10.1. The molecule has 0 unspecified atom stereocenters. The number of hydrogen-bond donors (Lipinski definition) is 1. The summed E-state index contributed by atoms with van der Waals surface area (Å²) in [4.78, 5) is 12.4. The molecule has 1 amide bonds. The molecule has 0 aliphatic rings. The molecule has 0 atom stereocenters. The first-order valence-corrected chi connectivity index (χ1v) is 12.7. The highest BCUT2D eigenvalue weighted by atomic mass is 35.5. The Bertz CT molecular complexity index is 1230. The molecule has 0 saturated carbocycles. The van der Waals surface area contributed by atoms with Crippen molar-refractivity contribution in [3.8, 4) is 5.75 Å². The van der Waals surface area contributed by atoms with Crippen molar-refractivity contribution in [2.45, 2.75) is 20.4 Å². The van der Waals surface area contributed by atoms with Gasteiger partial charge in [0.1, 0.15) is 12.4 Å². The summed E-state index contributed by atoms with van der Waals surface area (Å²) in [5, 5.41) is 3.17. The first-order valence-electron chi connectivity index (χ1n) is 10.4. The van der Waals surface area contributed by atoms with Gasteiger partial charge in [0, 0.05) is 5.56 Å². The third-order valence-corrected chi connectivity index (χ3v) is 6.64. The first-order chi connectivity index (χ1) is 15.6. The lowest BCUT2D eigenvalue weighted by Crippen LogP contribution is -2.30. The van der Waals surface area contributed by atoms with E-state index in [0.717, 1.165) is 23.1 Å². The lowest BCUT2D eigenvalue weighted by atomic mass is 10.1. The van der Waals surface area contributed by atoms with Crippen LogP contribution in [0, 0.1) is 13.8 Å². The van der Waals surface area contributed by atoms with Gasteiger partial charge < -0.3 is 10.1 Å². The highest BCUT2D eigenvalue weighted by Gasteiger charge is 2.20. The summed E-state index contributed by atoms with van der Waals surface area (Å²) >= 11 is 6.20. The van der Waals surface area contributed by atoms with Crippen molar-refractivity contribution in [3.63, 3.8) is 0 Å². The molecular formula is C25H27ClN2O4S. The van der Waals surface area contributed by atoms with Gasteiger partial charge in [0.05, 0.1) is 30.1 Å². The van der Waals surface area contributed by atoms with Gasteiger partial charge in [0.15, 0.2) is 0 Å². The van der Waals surface area contributed by atoms with Gasteiger partial charge in [-0.2, -0.15) is 0 Å². The molecule has 174 valence electrons. The number of ether oxygens (including phenoxy) is 1. The predicted molar refractivity (Wildman–Crippen MR) is 133 cm³/mol. The molecule has 0 fully saturated rings. The molecule has 33 heavy (non-hydrogen) atoms. The Labute approximate surface area is 200 Å². The molecule has 0 aliphatic carbocycles. The fraction of sp³-hybridized carbons (Fsp3) is 0.240. The zero-order chi connectivity index (χ0) is 24.0. The van der Waals surface area contributed by atoms with Crippen LogP contribution in [-0.4, -0.2) is 33.7 Å². The number of sulfonamides is 1. The van der Waals surface area contributed by atoms with Crippen LogP contribution in [0.25, 0.3) is 0 Å². The number of benzene rings is 3. The average molecular weight is 487 g/mol. The number of nitrogens with zero attached hydrogens (tertiary/aromatic N) is 1. The largest absolute Gasteiger partial charge is 0.492 e. The predicted octanol–water partition coefficient (Wildman–Crippen LogP) is 4.73. The van der Waals surface area contributed by atoms with Gasteiger partial charge in [-0.05, 0) is 66.9 Å². The van der Waals surface area contributed by atoms with Crippen LogP contribution >= 0.6 is 11.6 Å². The molecule has 8 heteroatoms. The van der Waals surface area contributed by atoms with E-state index < -0.39 is 10.0 Å². The zero-order valence-electron chi connectivity index (χ0n) is 18.8. The first kappa shape index (κ1) is 24.6. The molecular weight excluding hydrogens is 460 g/mol. The van der Waals surface area contributed by atoms with E-state index in [4.69, 9.17) is 16.3 Å². The standard InChI is InChI=1S/C25H27ClN2O4S/c1-18-8-13-22(16-19(18)2)32-15-14-27-25(29)21-11-9-20(10-12-21)17-28(33(3,30)31)24-7-5-4-6-23(24)26/h4-13,16H,14-15,17H2,1-3H3,(H,27,29). The number of anilines is 1. The smallest absolute Gasteiger partial charge is 0.251 e. The van der Waals surface area contributed by atoms with E-state index >= 15 is 0 Å². The van der Waals surface area contributed by atoms with Crippen LogP contribution in [0.4, 0.5) is 5.69 Å². The Morgan fingerprint density at radius 3 is 2.33 bits per heavy atom. The molecule has 0 aromatic heterocycles. The van der Waals surface area contributed by atoms with E-state index in [2.05, 4.69) is 5.32 Å². The van der Waals surface area contributed by atoms with Gasteiger partial charge in [0.25, 0.3) is 5.91 Å². The maximum atomic E-state index is 12.4. The summed E-state index contributed by atoms with van der Waals surface area (Å²) in [7, 11) is -3.55. The van der Waals surface area contributed by atoms with Crippen LogP contribution in [0.5, 0.6) is 5.75 Å². The Balaban J connectivity index is 1.57. The molecule has 3 aromatic carbocycles. The van der Waals surface area contributed by atoms with Crippen LogP contribution in [0.15, 0.2) is 66.7 Å². The van der Waals surface area contributed by atoms with E-state index in [1.165, 1.54) is 9.87 Å². The summed E-state index contributed by atoms with van der Waals surface area (Å²) in [6.45, 7) is 4.89. The van der Waals surface area contributed by atoms with E-state index in [-0.39, 0.29) is 12.5 Å². The minimum absolute atomic E-state index is 0.105. The van der Waals surface area contributed by atoms with Crippen molar-refractivity contribution >= 4 is 33.2 Å². The lowest BCUT2D eigenvalue weighted by Gasteiger charge is -2.23. The molecule has 0 aliphatic heterocycles. The second kappa shape index (κ2) is 10.7. The second-order valence-electron chi connectivity index (χ2n) is 7.77. The van der Waals surface area contributed by atoms with Crippen LogP contribution < -0.4 is 14.4 Å². The van der Waals surface area contributed by atoms with Crippen molar-refractivity contribution in [1.82, 2.24) is 5.32 Å². The fourth-order valence-electron chi connectivity index (χ4n) is 3.20. The Morgan fingerprint density at radius 1 is 1.00 bits per heavy atom. The van der Waals surface area contributed by atoms with E-state index in [1.54, 1.807) is 48.5 Å². The maximum absolute atomic E-state index is 12.4. The quantitative estimate of drug-likeness (QED) is 0.443. The van der Waals surface area contributed by atoms with Crippen LogP contribution in [-0.2, 0) is 16.6 Å². The molecule has 3 rings (SSSR count). The molecule has 1 N–H and O–H groups in total. The minimum atomic E-state index is -3.55. The lowest BCUT2D eigenvalue weighted by molar-refractivity contribution is 0.0947. The number of carbonyl (C=O) groups excluding carboxylic acids is 1. The average Bonchev–Trinajstić information content (AvgIpc) is 2.77. The van der Waals surface area contributed by atoms with Crippen molar-refractivity contribution in [3.05, 3.63) is 94.0 Å². The maximum Gasteiger partial charge on any atom is 0.251 e. The van der Waals surface area contributed by atoms with Crippen LogP contribution in [0.3, 0.4) is 0 Å². The number of para-hydroxylation sites is 1. The van der Waals surface area contributed by atoms with E-state index in [9.17, 15) is 13.2 Å². The molecule has 0 heterocycles. The fourth-order valence-corrected chi connectivity index (χ4v) is 4.39. The van der Waals surface area contributed by atoms with Gasteiger partial charge in [-0.3, -0.25) is 9.10 Å². The number of hydrogen-bond acceptors (Lipinski definition) is 4. The number of halogens is 1. The van der Waals surface area contributed by atoms with Crippen molar-refractivity contribution in [2.24, 2.45) is 0 Å². The van der Waals surface area contributed by atoms with Gasteiger partial charge in [-0.15, -0.1) is 0 Å². The zero-order valence-corrected chi connectivity index (χ0v) is 20.4. The molecule has 3 aromatic rings. The van der Waals surface area contributed by atoms with Crippen LogP contribution in [0.2, 0.25) is 5.02 Å². The molecule has 0 radical (unpaired) electrons. The summed E-state index contributed by atoms with van der Waals surface area (Å²) < 4.78 is 31.6. The third-order valence-electron chi connectivity index (χ3n) is 5.20. The third kappa shape index (κ3) is 6.73. The summed E-state index contributed by atoms with van der Waals surface area (Å²) in [6, 6.07) is 19.5. The Hall–Kier alpha value is -3.03. The summed E-state index contributed by atoms with van der Waals surface area (Å²) in [5.74, 6) is 0.543. The summed E-state index contributed by atoms with van der Waals surface area (Å²) in [6.07, 6.45) is 1.14. The monoisotopic (exact) mass is 486 g/mol. The number of aryl methyl sites for hydroxylation is 2. The van der Waals surface area contributed by atoms with Gasteiger partial charge >= 0.3 is 0 Å².